The highest BCUT2D eigenvalue weighted by atomic mass is 35.5. The first-order valence-electron chi connectivity index (χ1n) is 9.79. The van der Waals surface area contributed by atoms with Crippen LogP contribution in [0.2, 0.25) is 5.02 Å². The molecule has 8 heteroatoms. The Hall–Kier alpha value is -3.16. The third-order valence-corrected chi connectivity index (χ3v) is 6.50. The minimum absolute atomic E-state index is 0.0881. The summed E-state index contributed by atoms with van der Waals surface area (Å²) in [5.74, 6) is -0.617. The minimum Gasteiger partial charge on any atom is -0.370 e. The lowest BCUT2D eigenvalue weighted by Crippen LogP contribution is -2.33. The number of primary amides is 1. The standard InChI is InChI=1S/C23H21ClN4O2S/c1-15-18-13-20(22(30)27(12-11-21(25)29)17-8-3-2-4-9-17)31-23(18)28(26-15)14-16-7-5-6-10-19(16)24/h2-10,13H,11-12,14H2,1H3,(H2,25,29). The molecule has 31 heavy (non-hydrogen) atoms. The molecule has 0 radical (unpaired) electrons. The zero-order valence-electron chi connectivity index (χ0n) is 16.9. The van der Waals surface area contributed by atoms with Crippen molar-refractivity contribution < 1.29 is 9.59 Å². The number of fused-ring (bicyclic) bond motifs is 1. The number of aryl methyl sites for hydroxylation is 1. The van der Waals surface area contributed by atoms with Gasteiger partial charge in [0.15, 0.2) is 0 Å². The largest absolute Gasteiger partial charge is 0.370 e. The molecule has 2 aromatic carbocycles. The molecule has 0 unspecified atom stereocenters. The fourth-order valence-electron chi connectivity index (χ4n) is 3.42. The van der Waals surface area contributed by atoms with E-state index in [1.807, 2.05) is 72.3 Å². The van der Waals surface area contributed by atoms with E-state index in [1.54, 1.807) is 4.90 Å². The molecule has 2 heterocycles. The summed E-state index contributed by atoms with van der Waals surface area (Å²) >= 11 is 7.71. The Balaban J connectivity index is 1.69. The zero-order chi connectivity index (χ0) is 22.0. The lowest BCUT2D eigenvalue weighted by Gasteiger charge is -2.21. The zero-order valence-corrected chi connectivity index (χ0v) is 18.5. The molecule has 2 N–H and O–H groups in total. The first kappa shape index (κ1) is 21.1. The topological polar surface area (TPSA) is 81.2 Å². The fraction of sp³-hybridized carbons (Fsp3) is 0.174. The molecular formula is C23H21ClN4O2S. The summed E-state index contributed by atoms with van der Waals surface area (Å²) in [4.78, 5) is 27.8. The van der Waals surface area contributed by atoms with Gasteiger partial charge in [0.05, 0.1) is 17.1 Å². The third-order valence-electron chi connectivity index (χ3n) is 4.99. The second-order valence-corrected chi connectivity index (χ2v) is 8.61. The van der Waals surface area contributed by atoms with E-state index in [1.165, 1.54) is 11.3 Å². The van der Waals surface area contributed by atoms with Gasteiger partial charge in [-0.15, -0.1) is 11.3 Å². The van der Waals surface area contributed by atoms with Crippen LogP contribution in [0, 0.1) is 6.92 Å². The van der Waals surface area contributed by atoms with Crippen LogP contribution in [0.25, 0.3) is 10.2 Å². The number of carbonyl (C=O) groups excluding carboxylic acids is 2. The van der Waals surface area contributed by atoms with E-state index in [9.17, 15) is 9.59 Å². The second-order valence-electron chi connectivity index (χ2n) is 7.17. The number of hydrogen-bond acceptors (Lipinski definition) is 4. The Labute approximate surface area is 188 Å². The molecule has 0 fully saturated rings. The summed E-state index contributed by atoms with van der Waals surface area (Å²) in [7, 11) is 0. The molecule has 6 nitrogen and oxygen atoms in total. The molecule has 158 valence electrons. The highest BCUT2D eigenvalue weighted by Crippen LogP contribution is 2.31. The molecule has 2 aromatic heterocycles. The number of benzene rings is 2. The number of thiophene rings is 1. The summed E-state index contributed by atoms with van der Waals surface area (Å²) in [6.45, 7) is 2.66. The van der Waals surface area contributed by atoms with Gasteiger partial charge < -0.3 is 10.6 Å². The lowest BCUT2D eigenvalue weighted by molar-refractivity contribution is -0.117. The van der Waals surface area contributed by atoms with Crippen LogP contribution in [-0.4, -0.2) is 28.1 Å². The first-order chi connectivity index (χ1) is 14.9. The van der Waals surface area contributed by atoms with Gasteiger partial charge in [-0.3, -0.25) is 14.3 Å². The molecule has 0 spiro atoms. The molecule has 0 bridgehead atoms. The number of aromatic nitrogens is 2. The number of anilines is 1. The quantitative estimate of drug-likeness (QED) is 0.444. The van der Waals surface area contributed by atoms with Gasteiger partial charge in [-0.1, -0.05) is 48.0 Å². The Bertz CT molecular complexity index is 1250. The van der Waals surface area contributed by atoms with E-state index < -0.39 is 5.91 Å². The molecule has 0 saturated carbocycles. The number of carbonyl (C=O) groups is 2. The van der Waals surface area contributed by atoms with Crippen molar-refractivity contribution in [3.8, 4) is 0 Å². The Morgan fingerprint density at radius 2 is 1.84 bits per heavy atom. The number of hydrogen-bond donors (Lipinski definition) is 1. The van der Waals surface area contributed by atoms with Gasteiger partial charge >= 0.3 is 0 Å². The van der Waals surface area contributed by atoms with Crippen LogP contribution in [0.3, 0.4) is 0 Å². The SMILES string of the molecule is Cc1nn(Cc2ccccc2Cl)c2sc(C(=O)N(CCC(N)=O)c3ccccc3)cc12. The van der Waals surface area contributed by atoms with Crippen LogP contribution in [0.1, 0.15) is 27.3 Å². The second kappa shape index (κ2) is 8.91. The Morgan fingerprint density at radius 3 is 2.55 bits per heavy atom. The molecule has 0 aliphatic carbocycles. The summed E-state index contributed by atoms with van der Waals surface area (Å²) in [6, 6.07) is 18.8. The molecule has 2 amide bonds. The van der Waals surface area contributed by atoms with Crippen LogP contribution in [0.4, 0.5) is 5.69 Å². The smallest absolute Gasteiger partial charge is 0.268 e. The maximum Gasteiger partial charge on any atom is 0.268 e. The van der Waals surface area contributed by atoms with Gasteiger partial charge in [-0.25, -0.2) is 0 Å². The predicted octanol–water partition coefficient (Wildman–Crippen LogP) is 4.63. The molecular weight excluding hydrogens is 432 g/mol. The van der Waals surface area contributed by atoms with Crippen molar-refractivity contribution in [3.05, 3.63) is 81.8 Å². The number of nitrogens with two attached hydrogens (primary N) is 1. The summed E-state index contributed by atoms with van der Waals surface area (Å²) in [5, 5.41) is 6.24. The molecule has 0 saturated heterocycles. The van der Waals surface area contributed by atoms with Crippen molar-refractivity contribution in [2.45, 2.75) is 19.9 Å². The van der Waals surface area contributed by atoms with E-state index in [-0.39, 0.29) is 18.9 Å². The number of nitrogens with zero attached hydrogens (tertiary/aromatic N) is 3. The van der Waals surface area contributed by atoms with Crippen molar-refractivity contribution >= 4 is 50.7 Å². The van der Waals surface area contributed by atoms with Gasteiger partial charge in [0.25, 0.3) is 5.91 Å². The summed E-state index contributed by atoms with van der Waals surface area (Å²) in [5.41, 5.74) is 7.86. The maximum atomic E-state index is 13.4. The van der Waals surface area contributed by atoms with Crippen LogP contribution in [0.15, 0.2) is 60.7 Å². The van der Waals surface area contributed by atoms with E-state index in [4.69, 9.17) is 17.3 Å². The van der Waals surface area contributed by atoms with Crippen molar-refractivity contribution in [1.82, 2.24) is 9.78 Å². The van der Waals surface area contributed by atoms with Crippen LogP contribution in [0.5, 0.6) is 0 Å². The van der Waals surface area contributed by atoms with Crippen molar-refractivity contribution in [2.75, 3.05) is 11.4 Å². The lowest BCUT2D eigenvalue weighted by atomic mass is 10.2. The molecule has 0 aliphatic heterocycles. The van der Waals surface area contributed by atoms with Gasteiger partial charge in [-0.2, -0.15) is 5.10 Å². The predicted molar refractivity (Wildman–Crippen MR) is 125 cm³/mol. The molecule has 4 aromatic rings. The fourth-order valence-corrected chi connectivity index (χ4v) is 4.73. The van der Waals surface area contributed by atoms with Crippen LogP contribution >= 0.6 is 22.9 Å². The monoisotopic (exact) mass is 452 g/mol. The first-order valence-corrected chi connectivity index (χ1v) is 11.0. The number of para-hydroxylation sites is 1. The number of rotatable bonds is 7. The highest BCUT2D eigenvalue weighted by molar-refractivity contribution is 7.20. The van der Waals surface area contributed by atoms with Gasteiger partial charge in [-0.05, 0) is 36.8 Å². The van der Waals surface area contributed by atoms with Crippen LogP contribution in [-0.2, 0) is 11.3 Å². The Morgan fingerprint density at radius 1 is 1.13 bits per heavy atom. The van der Waals surface area contributed by atoms with Gasteiger partial charge in [0.2, 0.25) is 5.91 Å². The van der Waals surface area contributed by atoms with Crippen molar-refractivity contribution in [3.63, 3.8) is 0 Å². The molecule has 0 aliphatic rings. The molecule has 0 atom stereocenters. The van der Waals surface area contributed by atoms with E-state index in [0.717, 1.165) is 27.2 Å². The van der Waals surface area contributed by atoms with Crippen molar-refractivity contribution in [2.24, 2.45) is 5.73 Å². The minimum atomic E-state index is -0.448. The average Bonchev–Trinajstić information content (AvgIpc) is 3.31. The normalized spacial score (nSPS) is 11.0. The number of halogens is 1. The number of amides is 2. The van der Waals surface area contributed by atoms with Gasteiger partial charge in [0, 0.05) is 29.1 Å². The summed E-state index contributed by atoms with van der Waals surface area (Å²) in [6.07, 6.45) is 0.0881. The maximum absolute atomic E-state index is 13.4. The third kappa shape index (κ3) is 4.47. The van der Waals surface area contributed by atoms with E-state index >= 15 is 0 Å². The van der Waals surface area contributed by atoms with E-state index in [2.05, 4.69) is 5.10 Å². The van der Waals surface area contributed by atoms with Gasteiger partial charge in [0.1, 0.15) is 4.83 Å². The Kier molecular flexibility index (Phi) is 6.06. The molecule has 4 rings (SSSR count). The van der Waals surface area contributed by atoms with Crippen molar-refractivity contribution in [1.29, 1.82) is 0 Å². The van der Waals surface area contributed by atoms with E-state index in [0.29, 0.717) is 16.4 Å². The van der Waals surface area contributed by atoms with Crippen LogP contribution < -0.4 is 10.6 Å². The highest BCUT2D eigenvalue weighted by Gasteiger charge is 2.23. The summed E-state index contributed by atoms with van der Waals surface area (Å²) < 4.78 is 1.88. The average molecular weight is 453 g/mol.